The zero-order valence-electron chi connectivity index (χ0n) is 16.5. The van der Waals surface area contributed by atoms with Crippen molar-refractivity contribution in [1.82, 2.24) is 0 Å². The molecule has 2 aromatic rings. The number of halogens is 3. The lowest BCUT2D eigenvalue weighted by Crippen LogP contribution is -2.23. The number of allylic oxidation sites excluding steroid dienone is 2. The number of hydrogen-bond donors (Lipinski definition) is 0. The second-order valence-corrected chi connectivity index (χ2v) is 9.80. The average Bonchev–Trinajstić information content (AvgIpc) is 3.37. The number of sulfone groups is 1. The minimum atomic E-state index is -5.36. The molecule has 0 bridgehead atoms. The van der Waals surface area contributed by atoms with E-state index in [0.717, 1.165) is 60.1 Å². The first-order valence-electron chi connectivity index (χ1n) is 9.46. The monoisotopic (exact) mass is 438 g/mol. The summed E-state index contributed by atoms with van der Waals surface area (Å²) in [5.74, 6) is 1.22. The van der Waals surface area contributed by atoms with Gasteiger partial charge in [0.05, 0.1) is 19.1 Å². The van der Waals surface area contributed by atoms with E-state index in [9.17, 15) is 21.6 Å². The SMILES string of the molecule is COc1ccc(C2=C(c3ccc(S(=O)(=O)C(F)(F)F)cc3)CC3(CC3)C2)cc1OC. The first-order chi connectivity index (χ1) is 14.1. The Balaban J connectivity index is 1.76. The van der Waals surface area contributed by atoms with Crippen LogP contribution >= 0.6 is 0 Å². The average molecular weight is 438 g/mol. The van der Waals surface area contributed by atoms with Crippen LogP contribution in [0, 0.1) is 5.41 Å². The molecule has 160 valence electrons. The van der Waals surface area contributed by atoms with Crippen molar-refractivity contribution in [1.29, 1.82) is 0 Å². The Labute approximate surface area is 173 Å². The van der Waals surface area contributed by atoms with Crippen LogP contribution < -0.4 is 9.47 Å². The van der Waals surface area contributed by atoms with Crippen molar-refractivity contribution in [3.05, 3.63) is 53.6 Å². The molecule has 0 aromatic heterocycles. The largest absolute Gasteiger partial charge is 0.501 e. The lowest BCUT2D eigenvalue weighted by Gasteiger charge is -2.13. The van der Waals surface area contributed by atoms with Crippen LogP contribution in [-0.2, 0) is 9.84 Å². The van der Waals surface area contributed by atoms with E-state index in [4.69, 9.17) is 9.47 Å². The maximum absolute atomic E-state index is 12.8. The van der Waals surface area contributed by atoms with E-state index < -0.39 is 20.2 Å². The van der Waals surface area contributed by atoms with E-state index in [2.05, 4.69) is 0 Å². The number of ether oxygens (including phenoxy) is 2. The van der Waals surface area contributed by atoms with Crippen LogP contribution in [0.3, 0.4) is 0 Å². The molecule has 30 heavy (non-hydrogen) atoms. The molecule has 1 spiro atoms. The van der Waals surface area contributed by atoms with Gasteiger partial charge in [-0.05, 0) is 77.6 Å². The van der Waals surface area contributed by atoms with E-state index in [1.807, 2.05) is 18.2 Å². The number of benzene rings is 2. The molecule has 8 heteroatoms. The van der Waals surface area contributed by atoms with Crippen molar-refractivity contribution in [2.75, 3.05) is 14.2 Å². The molecule has 0 N–H and O–H groups in total. The molecular weight excluding hydrogens is 417 g/mol. The standard InChI is InChI=1S/C22H21F3O4S/c1-28-19-8-5-15(11-20(19)29-2)18-13-21(9-10-21)12-17(18)14-3-6-16(7-4-14)30(26,27)22(23,24)25/h3-8,11H,9-10,12-13H2,1-2H3. The molecule has 4 nitrogen and oxygen atoms in total. The number of methoxy groups -OCH3 is 2. The van der Waals surface area contributed by atoms with Gasteiger partial charge in [-0.2, -0.15) is 13.2 Å². The van der Waals surface area contributed by atoms with Crippen LogP contribution in [0.2, 0.25) is 0 Å². The van der Waals surface area contributed by atoms with Crippen LogP contribution in [-0.4, -0.2) is 28.1 Å². The molecule has 0 heterocycles. The van der Waals surface area contributed by atoms with Gasteiger partial charge in [-0.3, -0.25) is 0 Å². The van der Waals surface area contributed by atoms with E-state index in [0.29, 0.717) is 11.5 Å². The van der Waals surface area contributed by atoms with Gasteiger partial charge in [0.2, 0.25) is 0 Å². The van der Waals surface area contributed by atoms with Crippen molar-refractivity contribution < 1.29 is 31.1 Å². The summed E-state index contributed by atoms with van der Waals surface area (Å²) in [5, 5.41) is 0. The second kappa shape index (κ2) is 7.04. The summed E-state index contributed by atoms with van der Waals surface area (Å²) in [6.07, 6.45) is 3.91. The summed E-state index contributed by atoms with van der Waals surface area (Å²) in [7, 11) is -2.23. The lowest BCUT2D eigenvalue weighted by molar-refractivity contribution is -0.0436. The third-order valence-electron chi connectivity index (χ3n) is 5.97. The smallest absolute Gasteiger partial charge is 0.493 e. The van der Waals surface area contributed by atoms with Gasteiger partial charge in [-0.15, -0.1) is 0 Å². The molecule has 2 aromatic carbocycles. The fourth-order valence-electron chi connectivity index (χ4n) is 4.10. The number of hydrogen-bond acceptors (Lipinski definition) is 4. The minimum absolute atomic E-state index is 0.203. The van der Waals surface area contributed by atoms with Crippen LogP contribution in [0.15, 0.2) is 47.4 Å². The highest BCUT2D eigenvalue weighted by molar-refractivity contribution is 7.92. The Kier molecular flexibility index (Phi) is 4.88. The van der Waals surface area contributed by atoms with Crippen molar-refractivity contribution >= 4 is 21.0 Å². The minimum Gasteiger partial charge on any atom is -0.493 e. The van der Waals surface area contributed by atoms with Gasteiger partial charge in [0.1, 0.15) is 0 Å². The van der Waals surface area contributed by atoms with Gasteiger partial charge < -0.3 is 9.47 Å². The van der Waals surface area contributed by atoms with Crippen LogP contribution in [0.1, 0.15) is 36.8 Å². The lowest BCUT2D eigenvalue weighted by atomic mass is 9.97. The third kappa shape index (κ3) is 3.47. The predicted molar refractivity (Wildman–Crippen MR) is 107 cm³/mol. The zero-order valence-corrected chi connectivity index (χ0v) is 17.4. The topological polar surface area (TPSA) is 52.6 Å². The summed E-state index contributed by atoms with van der Waals surface area (Å²) >= 11 is 0. The molecule has 0 saturated heterocycles. The summed E-state index contributed by atoms with van der Waals surface area (Å²) < 4.78 is 72.5. The zero-order chi connectivity index (χ0) is 21.7. The van der Waals surface area contributed by atoms with Crippen molar-refractivity contribution in [2.24, 2.45) is 5.41 Å². The highest BCUT2D eigenvalue weighted by Gasteiger charge is 2.49. The van der Waals surface area contributed by atoms with Gasteiger partial charge in [0.15, 0.2) is 11.5 Å². The Hall–Kier alpha value is -2.48. The Bertz CT molecular complexity index is 1110. The van der Waals surface area contributed by atoms with Gasteiger partial charge >= 0.3 is 5.51 Å². The second-order valence-electron chi connectivity index (χ2n) is 7.85. The Morgan fingerprint density at radius 1 is 0.833 bits per heavy atom. The Morgan fingerprint density at radius 3 is 1.87 bits per heavy atom. The molecule has 0 radical (unpaired) electrons. The number of alkyl halides is 3. The number of rotatable bonds is 5. The van der Waals surface area contributed by atoms with E-state index in [1.54, 1.807) is 14.2 Å². The first kappa shape index (κ1) is 20.8. The fourth-order valence-corrected chi connectivity index (χ4v) is 4.86. The highest BCUT2D eigenvalue weighted by atomic mass is 32.2. The van der Waals surface area contributed by atoms with Crippen LogP contribution in [0.25, 0.3) is 11.1 Å². The van der Waals surface area contributed by atoms with Gasteiger partial charge in [-0.25, -0.2) is 8.42 Å². The van der Waals surface area contributed by atoms with Crippen LogP contribution in [0.4, 0.5) is 13.2 Å². The van der Waals surface area contributed by atoms with Gasteiger partial charge in [0.25, 0.3) is 9.84 Å². The first-order valence-corrected chi connectivity index (χ1v) is 10.9. The summed E-state index contributed by atoms with van der Waals surface area (Å²) in [5.41, 5.74) is -1.25. The molecular formula is C22H21F3O4S. The Morgan fingerprint density at radius 2 is 1.37 bits per heavy atom. The van der Waals surface area contributed by atoms with Gasteiger partial charge in [-0.1, -0.05) is 18.2 Å². The van der Waals surface area contributed by atoms with Crippen LogP contribution in [0.5, 0.6) is 11.5 Å². The quantitative estimate of drug-likeness (QED) is 0.620. The molecule has 0 aliphatic heterocycles. The molecule has 1 fully saturated rings. The van der Waals surface area contributed by atoms with Crippen molar-refractivity contribution in [3.8, 4) is 11.5 Å². The predicted octanol–water partition coefficient (Wildman–Crippen LogP) is 5.48. The summed E-state index contributed by atoms with van der Waals surface area (Å²) in [6, 6.07) is 10.7. The molecule has 2 aliphatic carbocycles. The molecule has 0 unspecified atom stereocenters. The maximum atomic E-state index is 12.8. The summed E-state index contributed by atoms with van der Waals surface area (Å²) in [4.78, 5) is -0.744. The van der Waals surface area contributed by atoms with Crippen molar-refractivity contribution in [2.45, 2.75) is 36.1 Å². The maximum Gasteiger partial charge on any atom is 0.501 e. The van der Waals surface area contributed by atoms with Crippen molar-refractivity contribution in [3.63, 3.8) is 0 Å². The highest BCUT2D eigenvalue weighted by Crippen LogP contribution is 2.63. The summed E-state index contributed by atoms with van der Waals surface area (Å²) in [6.45, 7) is 0. The normalized spacial score (nSPS) is 18.0. The fraction of sp³-hybridized carbons (Fsp3) is 0.364. The van der Waals surface area contributed by atoms with E-state index >= 15 is 0 Å². The molecule has 0 atom stereocenters. The van der Waals surface area contributed by atoms with E-state index in [1.165, 1.54) is 12.1 Å². The molecule has 2 aliphatic rings. The third-order valence-corrected chi connectivity index (χ3v) is 7.48. The van der Waals surface area contributed by atoms with Gasteiger partial charge in [0, 0.05) is 0 Å². The molecule has 1 saturated carbocycles. The van der Waals surface area contributed by atoms with E-state index in [-0.39, 0.29) is 5.41 Å². The molecule has 0 amide bonds. The molecule has 4 rings (SSSR count).